The fourth-order valence-electron chi connectivity index (χ4n) is 4.36. The van der Waals surface area contributed by atoms with Crippen LogP contribution in [0.5, 0.6) is 0 Å². The molecule has 2 aromatic rings. The van der Waals surface area contributed by atoms with E-state index in [1.54, 1.807) is 4.52 Å². The second-order valence-corrected chi connectivity index (χ2v) is 7.84. The molecule has 136 valence electrons. The average molecular weight is 372 g/mol. The van der Waals surface area contributed by atoms with E-state index in [2.05, 4.69) is 12.0 Å². The fraction of sp³-hybridized carbons (Fsp3) is 0.667. The maximum absolute atomic E-state index is 12.9. The zero-order valence-corrected chi connectivity index (χ0v) is 14.9. The third-order valence-electron chi connectivity index (χ3n) is 5.83. The van der Waals surface area contributed by atoms with Crippen molar-refractivity contribution in [3.8, 4) is 0 Å². The highest BCUT2D eigenvalue weighted by atomic mass is 35.5. The molecule has 4 rings (SSSR count). The number of fused-ring (bicyclic) bond motifs is 2. The molecular weight excluding hydrogens is 351 g/mol. The first-order chi connectivity index (χ1) is 11.8. The van der Waals surface area contributed by atoms with Gasteiger partial charge in [-0.15, -0.1) is 0 Å². The maximum atomic E-state index is 12.9. The highest BCUT2D eigenvalue weighted by molar-refractivity contribution is 6.30. The van der Waals surface area contributed by atoms with Gasteiger partial charge in [-0.1, -0.05) is 18.5 Å². The number of rotatable bonds is 1. The summed E-state index contributed by atoms with van der Waals surface area (Å²) < 4.78 is 40.2. The summed E-state index contributed by atoms with van der Waals surface area (Å²) in [6.07, 6.45) is 0.430. The molecule has 0 amide bonds. The Balaban J connectivity index is 1.63. The van der Waals surface area contributed by atoms with E-state index in [0.717, 1.165) is 36.2 Å². The van der Waals surface area contributed by atoms with E-state index < -0.39 is 12.1 Å². The Morgan fingerprint density at radius 1 is 1.16 bits per heavy atom. The van der Waals surface area contributed by atoms with Gasteiger partial charge in [-0.3, -0.25) is 0 Å². The highest BCUT2D eigenvalue weighted by Gasteiger charge is 2.42. The first-order valence-corrected chi connectivity index (χ1v) is 9.37. The lowest BCUT2D eigenvalue weighted by Gasteiger charge is -2.28. The monoisotopic (exact) mass is 371 g/mol. The third-order valence-corrected chi connectivity index (χ3v) is 6.19. The van der Waals surface area contributed by atoms with Crippen molar-refractivity contribution in [2.45, 2.75) is 69.9 Å². The average Bonchev–Trinajstić information content (AvgIpc) is 2.99. The van der Waals surface area contributed by atoms with Crippen molar-refractivity contribution < 1.29 is 13.2 Å². The van der Waals surface area contributed by atoms with Crippen LogP contribution >= 0.6 is 11.6 Å². The van der Waals surface area contributed by atoms with E-state index >= 15 is 0 Å². The number of hydrogen-bond acceptors (Lipinski definition) is 2. The van der Waals surface area contributed by atoms with E-state index in [1.807, 2.05) is 6.07 Å². The molecule has 0 radical (unpaired) electrons. The summed E-state index contributed by atoms with van der Waals surface area (Å²) in [5.74, 6) is -0.746. The quantitative estimate of drug-likeness (QED) is 0.605. The van der Waals surface area contributed by atoms with E-state index in [4.69, 9.17) is 16.6 Å². The highest BCUT2D eigenvalue weighted by Crippen LogP contribution is 2.43. The molecule has 0 spiro atoms. The van der Waals surface area contributed by atoms with Crippen LogP contribution in [-0.2, 0) is 6.42 Å². The zero-order chi connectivity index (χ0) is 17.8. The molecule has 0 aromatic carbocycles. The minimum absolute atomic E-state index is 0.0609. The minimum Gasteiger partial charge on any atom is -0.233 e. The largest absolute Gasteiger partial charge is 0.391 e. The second-order valence-electron chi connectivity index (χ2n) is 7.49. The lowest BCUT2D eigenvalue weighted by Crippen LogP contribution is -2.27. The predicted molar refractivity (Wildman–Crippen MR) is 90.1 cm³/mol. The number of aryl methyl sites for hydroxylation is 1. The van der Waals surface area contributed by atoms with Crippen LogP contribution in [0.15, 0.2) is 6.07 Å². The lowest BCUT2D eigenvalue weighted by molar-refractivity contribution is -0.182. The zero-order valence-electron chi connectivity index (χ0n) is 14.1. The maximum Gasteiger partial charge on any atom is 0.391 e. The van der Waals surface area contributed by atoms with Gasteiger partial charge in [0.15, 0.2) is 5.65 Å². The van der Waals surface area contributed by atoms with Gasteiger partial charge in [0, 0.05) is 23.2 Å². The van der Waals surface area contributed by atoms with Crippen LogP contribution < -0.4 is 0 Å². The Bertz CT molecular complexity index is 791. The summed E-state index contributed by atoms with van der Waals surface area (Å²) >= 11 is 6.60. The van der Waals surface area contributed by atoms with E-state index in [-0.39, 0.29) is 18.8 Å². The van der Waals surface area contributed by atoms with Gasteiger partial charge in [-0.05, 0) is 50.9 Å². The number of nitrogens with zero attached hydrogens (tertiary/aromatic N) is 3. The smallest absolute Gasteiger partial charge is 0.233 e. The molecule has 2 heterocycles. The van der Waals surface area contributed by atoms with Crippen molar-refractivity contribution >= 4 is 17.2 Å². The molecule has 2 aliphatic carbocycles. The predicted octanol–water partition coefficient (Wildman–Crippen LogP) is 5.66. The lowest BCUT2D eigenvalue weighted by atomic mass is 9.80. The molecule has 1 saturated carbocycles. The van der Waals surface area contributed by atoms with Crippen LogP contribution in [0.2, 0.25) is 5.15 Å². The van der Waals surface area contributed by atoms with Gasteiger partial charge in [0.25, 0.3) is 0 Å². The molecule has 1 unspecified atom stereocenters. The standard InChI is InChI=1S/C18H21ClF3N3/c1-10-3-2-4-13-16(10)17(19)25-15(23-13)9-14(24-25)11-5-7-12(8-6-11)18(20,21)22/h9-12H,2-8H2,1H3/t10?,11-,12-. The minimum atomic E-state index is -4.08. The van der Waals surface area contributed by atoms with Gasteiger partial charge in [0.2, 0.25) is 0 Å². The molecular formula is C18H21ClF3N3. The Hall–Kier alpha value is -1.30. The Labute approximate surface area is 149 Å². The molecule has 0 aliphatic heterocycles. The summed E-state index contributed by atoms with van der Waals surface area (Å²) in [6.45, 7) is 2.15. The summed E-state index contributed by atoms with van der Waals surface area (Å²) in [5.41, 5.74) is 3.66. The fourth-order valence-corrected chi connectivity index (χ4v) is 4.78. The van der Waals surface area contributed by atoms with Gasteiger partial charge in [0.1, 0.15) is 5.15 Å². The van der Waals surface area contributed by atoms with Gasteiger partial charge >= 0.3 is 6.18 Å². The van der Waals surface area contributed by atoms with Crippen LogP contribution in [0.3, 0.4) is 0 Å². The van der Waals surface area contributed by atoms with Crippen LogP contribution in [0.4, 0.5) is 13.2 Å². The van der Waals surface area contributed by atoms with Crippen LogP contribution in [0.1, 0.15) is 74.2 Å². The molecule has 25 heavy (non-hydrogen) atoms. The van der Waals surface area contributed by atoms with Crippen molar-refractivity contribution in [2.75, 3.05) is 0 Å². The van der Waals surface area contributed by atoms with Gasteiger partial charge < -0.3 is 0 Å². The van der Waals surface area contributed by atoms with Crippen LogP contribution in [0, 0.1) is 5.92 Å². The van der Waals surface area contributed by atoms with Gasteiger partial charge in [-0.25, -0.2) is 9.50 Å². The van der Waals surface area contributed by atoms with Gasteiger partial charge in [-0.2, -0.15) is 18.3 Å². The van der Waals surface area contributed by atoms with Crippen molar-refractivity contribution in [3.05, 3.63) is 28.2 Å². The third kappa shape index (κ3) is 3.03. The molecule has 2 aromatic heterocycles. The topological polar surface area (TPSA) is 30.2 Å². The SMILES string of the molecule is CC1CCCc2nc3cc([C@H]4CC[C@H](C(F)(F)F)CC4)nn3c(Cl)c21. The number of alkyl halides is 3. The van der Waals surface area contributed by atoms with E-state index in [1.165, 1.54) is 0 Å². The number of aromatic nitrogens is 3. The molecule has 1 atom stereocenters. The molecule has 2 aliphatic rings. The summed E-state index contributed by atoms with van der Waals surface area (Å²) in [5, 5.41) is 5.22. The first kappa shape index (κ1) is 17.1. The molecule has 0 N–H and O–H groups in total. The van der Waals surface area contributed by atoms with Crippen molar-refractivity contribution in [1.29, 1.82) is 0 Å². The number of hydrogen-bond donors (Lipinski definition) is 0. The Kier molecular flexibility index (Phi) is 4.21. The van der Waals surface area contributed by atoms with Crippen molar-refractivity contribution in [2.24, 2.45) is 5.92 Å². The molecule has 7 heteroatoms. The second kappa shape index (κ2) is 6.15. The van der Waals surface area contributed by atoms with Gasteiger partial charge in [0.05, 0.1) is 11.6 Å². The molecule has 3 nitrogen and oxygen atoms in total. The Morgan fingerprint density at radius 3 is 2.56 bits per heavy atom. The van der Waals surface area contributed by atoms with Crippen molar-refractivity contribution in [1.82, 2.24) is 14.6 Å². The number of halogens is 4. The molecule has 1 fully saturated rings. The molecule has 0 saturated heterocycles. The van der Waals surface area contributed by atoms with Crippen LogP contribution in [0.25, 0.3) is 5.65 Å². The van der Waals surface area contributed by atoms with E-state index in [9.17, 15) is 13.2 Å². The van der Waals surface area contributed by atoms with Crippen LogP contribution in [-0.4, -0.2) is 20.8 Å². The summed E-state index contributed by atoms with van der Waals surface area (Å²) in [6, 6.07) is 1.91. The summed E-state index contributed by atoms with van der Waals surface area (Å²) in [4.78, 5) is 4.73. The molecule has 0 bridgehead atoms. The summed E-state index contributed by atoms with van der Waals surface area (Å²) in [7, 11) is 0. The van der Waals surface area contributed by atoms with Crippen molar-refractivity contribution in [3.63, 3.8) is 0 Å². The van der Waals surface area contributed by atoms with E-state index in [0.29, 0.717) is 29.6 Å². The Morgan fingerprint density at radius 2 is 1.88 bits per heavy atom. The first-order valence-electron chi connectivity index (χ1n) is 8.99. The normalized spacial score (nSPS) is 27.5.